The first kappa shape index (κ1) is 9.89. The summed E-state index contributed by atoms with van der Waals surface area (Å²) in [7, 11) is 1.60. The molecule has 1 atom stereocenters. The minimum Gasteiger partial charge on any atom is -0.481 e. The molecule has 0 saturated carbocycles. The van der Waals surface area contributed by atoms with Gasteiger partial charge in [0.15, 0.2) is 0 Å². The normalized spacial score (nSPS) is 19.7. The third-order valence-electron chi connectivity index (χ3n) is 2.80. The molecule has 1 aromatic heterocycles. The molecule has 1 heterocycles. The molecular weight excluding hydrogens is 196 g/mol. The van der Waals surface area contributed by atoms with Crippen LogP contribution in [0.3, 0.4) is 0 Å². The third kappa shape index (κ3) is 1.77. The average molecular weight is 208 g/mol. The van der Waals surface area contributed by atoms with E-state index in [2.05, 4.69) is 5.10 Å². The molecule has 0 amide bonds. The minimum atomic E-state index is -0.790. The predicted molar refractivity (Wildman–Crippen MR) is 52.6 cm³/mol. The Labute approximate surface area is 86.4 Å². The monoisotopic (exact) mass is 208 g/mol. The van der Waals surface area contributed by atoms with Gasteiger partial charge in [-0.2, -0.15) is 5.10 Å². The SMILES string of the molecule is Cn1nc2c(cc1=O)CC(C(=O)O)CC2. The van der Waals surface area contributed by atoms with Gasteiger partial charge in [-0.1, -0.05) is 0 Å². The number of nitrogens with zero attached hydrogens (tertiary/aromatic N) is 2. The predicted octanol–water partition coefficient (Wildman–Crippen LogP) is -0.0302. The van der Waals surface area contributed by atoms with Crippen LogP contribution in [0.25, 0.3) is 0 Å². The van der Waals surface area contributed by atoms with Crippen molar-refractivity contribution in [2.24, 2.45) is 13.0 Å². The summed E-state index contributed by atoms with van der Waals surface area (Å²) in [5.41, 5.74) is 1.46. The molecule has 1 aromatic rings. The van der Waals surface area contributed by atoms with Gasteiger partial charge in [-0.05, 0) is 24.8 Å². The van der Waals surface area contributed by atoms with Crippen LogP contribution >= 0.6 is 0 Å². The van der Waals surface area contributed by atoms with Crippen LogP contribution in [0.15, 0.2) is 10.9 Å². The fourth-order valence-corrected chi connectivity index (χ4v) is 1.90. The van der Waals surface area contributed by atoms with Gasteiger partial charge in [0.25, 0.3) is 5.56 Å². The van der Waals surface area contributed by atoms with E-state index in [-0.39, 0.29) is 11.5 Å². The lowest BCUT2D eigenvalue weighted by atomic mass is 9.87. The largest absolute Gasteiger partial charge is 0.481 e. The number of hydrogen-bond donors (Lipinski definition) is 1. The Morgan fingerprint density at radius 2 is 2.40 bits per heavy atom. The maximum Gasteiger partial charge on any atom is 0.306 e. The number of carboxylic acids is 1. The van der Waals surface area contributed by atoms with Crippen molar-refractivity contribution in [1.82, 2.24) is 9.78 Å². The Kier molecular flexibility index (Phi) is 2.30. The van der Waals surface area contributed by atoms with Gasteiger partial charge >= 0.3 is 5.97 Å². The minimum absolute atomic E-state index is 0.181. The number of fused-ring (bicyclic) bond motifs is 1. The number of aliphatic carboxylic acids is 1. The van der Waals surface area contributed by atoms with E-state index in [1.807, 2.05) is 0 Å². The van der Waals surface area contributed by atoms with Crippen LogP contribution in [-0.2, 0) is 24.7 Å². The quantitative estimate of drug-likeness (QED) is 0.703. The highest BCUT2D eigenvalue weighted by molar-refractivity contribution is 5.70. The van der Waals surface area contributed by atoms with E-state index in [1.165, 1.54) is 10.7 Å². The van der Waals surface area contributed by atoms with Gasteiger partial charge in [-0.3, -0.25) is 9.59 Å². The lowest BCUT2D eigenvalue weighted by molar-refractivity contribution is -0.142. The van der Waals surface area contributed by atoms with E-state index in [4.69, 9.17) is 5.11 Å². The molecule has 2 rings (SSSR count). The summed E-state index contributed by atoms with van der Waals surface area (Å²) in [6.45, 7) is 0. The van der Waals surface area contributed by atoms with Crippen LogP contribution in [0.5, 0.6) is 0 Å². The highest BCUT2D eigenvalue weighted by Gasteiger charge is 2.25. The molecule has 80 valence electrons. The Morgan fingerprint density at radius 3 is 3.07 bits per heavy atom. The topological polar surface area (TPSA) is 72.2 Å². The fourth-order valence-electron chi connectivity index (χ4n) is 1.90. The highest BCUT2D eigenvalue weighted by atomic mass is 16.4. The van der Waals surface area contributed by atoms with Crippen LogP contribution in [0.4, 0.5) is 0 Å². The summed E-state index contributed by atoms with van der Waals surface area (Å²) in [5, 5.41) is 13.0. The van der Waals surface area contributed by atoms with Gasteiger partial charge in [-0.15, -0.1) is 0 Å². The lowest BCUT2D eigenvalue weighted by Crippen LogP contribution is -2.28. The van der Waals surface area contributed by atoms with Crippen molar-refractivity contribution in [3.8, 4) is 0 Å². The second kappa shape index (κ2) is 3.49. The number of carbonyl (C=O) groups is 1. The summed E-state index contributed by atoms with van der Waals surface area (Å²) < 4.78 is 1.29. The molecule has 1 aliphatic rings. The highest BCUT2D eigenvalue weighted by Crippen LogP contribution is 2.22. The maximum atomic E-state index is 11.3. The smallest absolute Gasteiger partial charge is 0.306 e. The summed E-state index contributed by atoms with van der Waals surface area (Å²) in [6, 6.07) is 1.50. The van der Waals surface area contributed by atoms with Crippen LogP contribution in [-0.4, -0.2) is 20.9 Å². The van der Waals surface area contributed by atoms with E-state index in [9.17, 15) is 9.59 Å². The van der Waals surface area contributed by atoms with Crippen molar-refractivity contribution in [1.29, 1.82) is 0 Å². The molecule has 0 saturated heterocycles. The molecule has 0 bridgehead atoms. The molecule has 15 heavy (non-hydrogen) atoms. The zero-order chi connectivity index (χ0) is 11.0. The number of carboxylic acid groups (broad SMARTS) is 1. The first-order valence-corrected chi connectivity index (χ1v) is 4.87. The van der Waals surface area contributed by atoms with Crippen molar-refractivity contribution >= 4 is 5.97 Å². The first-order chi connectivity index (χ1) is 7.08. The molecule has 1 N–H and O–H groups in total. The average Bonchev–Trinajstić information content (AvgIpc) is 2.19. The fraction of sp³-hybridized carbons (Fsp3) is 0.500. The van der Waals surface area contributed by atoms with Gasteiger partial charge in [-0.25, -0.2) is 4.68 Å². The molecule has 0 radical (unpaired) electrons. The van der Waals surface area contributed by atoms with Crippen molar-refractivity contribution in [3.63, 3.8) is 0 Å². The standard InChI is InChI=1S/C10H12N2O3/c1-12-9(13)5-7-4-6(10(14)15)2-3-8(7)11-12/h5-6H,2-4H2,1H3,(H,14,15). The first-order valence-electron chi connectivity index (χ1n) is 4.87. The summed E-state index contributed by atoms with van der Waals surface area (Å²) >= 11 is 0. The van der Waals surface area contributed by atoms with Gasteiger partial charge in [0.05, 0.1) is 11.6 Å². The lowest BCUT2D eigenvalue weighted by Gasteiger charge is -2.20. The van der Waals surface area contributed by atoms with E-state index < -0.39 is 5.97 Å². The number of rotatable bonds is 1. The summed E-state index contributed by atoms with van der Waals surface area (Å²) in [4.78, 5) is 22.1. The van der Waals surface area contributed by atoms with Crippen molar-refractivity contribution in [2.45, 2.75) is 19.3 Å². The Bertz CT molecular complexity index is 464. The number of aromatic nitrogens is 2. The van der Waals surface area contributed by atoms with Gasteiger partial charge < -0.3 is 5.11 Å². The second-order valence-electron chi connectivity index (χ2n) is 3.86. The number of aryl methyl sites for hydroxylation is 2. The van der Waals surface area contributed by atoms with Gasteiger partial charge in [0.2, 0.25) is 0 Å². The van der Waals surface area contributed by atoms with E-state index in [0.29, 0.717) is 19.3 Å². The summed E-state index contributed by atoms with van der Waals surface area (Å²) in [5.74, 6) is -1.16. The number of hydrogen-bond acceptors (Lipinski definition) is 3. The van der Waals surface area contributed by atoms with E-state index in [0.717, 1.165) is 11.3 Å². The summed E-state index contributed by atoms with van der Waals surface area (Å²) in [6.07, 6.45) is 1.67. The molecule has 5 nitrogen and oxygen atoms in total. The van der Waals surface area contributed by atoms with Crippen LogP contribution < -0.4 is 5.56 Å². The van der Waals surface area contributed by atoms with Crippen molar-refractivity contribution < 1.29 is 9.90 Å². The zero-order valence-corrected chi connectivity index (χ0v) is 8.43. The molecule has 0 aliphatic heterocycles. The Hall–Kier alpha value is -1.65. The van der Waals surface area contributed by atoms with Crippen molar-refractivity contribution in [2.75, 3.05) is 0 Å². The molecule has 0 spiro atoms. The van der Waals surface area contributed by atoms with Crippen LogP contribution in [0.2, 0.25) is 0 Å². The van der Waals surface area contributed by atoms with E-state index in [1.54, 1.807) is 7.05 Å². The molecule has 1 aliphatic carbocycles. The molecule has 1 unspecified atom stereocenters. The van der Waals surface area contributed by atoms with Crippen LogP contribution in [0, 0.1) is 5.92 Å². The molecule has 0 fully saturated rings. The van der Waals surface area contributed by atoms with Crippen molar-refractivity contribution in [3.05, 3.63) is 27.7 Å². The Morgan fingerprint density at radius 1 is 1.67 bits per heavy atom. The Balaban J connectivity index is 2.38. The molecule has 5 heteroatoms. The third-order valence-corrected chi connectivity index (χ3v) is 2.80. The maximum absolute atomic E-state index is 11.3. The molecular formula is C10H12N2O3. The van der Waals surface area contributed by atoms with E-state index >= 15 is 0 Å². The zero-order valence-electron chi connectivity index (χ0n) is 8.43. The van der Waals surface area contributed by atoms with Gasteiger partial charge in [0, 0.05) is 13.1 Å². The molecule has 0 aromatic carbocycles. The van der Waals surface area contributed by atoms with Crippen LogP contribution in [0.1, 0.15) is 17.7 Å². The second-order valence-corrected chi connectivity index (χ2v) is 3.86. The van der Waals surface area contributed by atoms with Gasteiger partial charge in [0.1, 0.15) is 0 Å².